The summed E-state index contributed by atoms with van der Waals surface area (Å²) in [5.74, 6) is 0. The van der Waals surface area contributed by atoms with Crippen LogP contribution in [0.25, 0.3) is 0 Å². The number of hydrogen-bond acceptors (Lipinski definition) is 3. The average molecular weight is 231 g/mol. The molecular weight excluding hydrogens is 202 g/mol. The Balaban J connectivity index is 3.02. The van der Waals surface area contributed by atoms with Crippen molar-refractivity contribution in [3.8, 4) is 0 Å². The van der Waals surface area contributed by atoms with Crippen LogP contribution in [0.15, 0.2) is 0 Å². The molecule has 0 fully saturated rings. The van der Waals surface area contributed by atoms with Gasteiger partial charge in [0.25, 0.3) is 0 Å². The molecule has 0 aromatic heterocycles. The van der Waals surface area contributed by atoms with Crippen LogP contribution in [-0.4, -0.2) is 39.0 Å². The van der Waals surface area contributed by atoms with Crippen LogP contribution in [-0.2, 0) is 9.47 Å². The Hall–Kier alpha value is -0.120. The van der Waals surface area contributed by atoms with E-state index >= 15 is 0 Å². The summed E-state index contributed by atoms with van der Waals surface area (Å²) in [6.45, 7) is 10.8. The molecule has 0 aliphatic heterocycles. The Bertz CT molecular complexity index is 131. The quantitative estimate of drug-likeness (QED) is 0.524. The topological polar surface area (TPSA) is 30.5 Å². The predicted molar refractivity (Wildman–Crippen MR) is 68.9 cm³/mol. The van der Waals surface area contributed by atoms with Gasteiger partial charge in [0, 0.05) is 13.2 Å². The van der Waals surface area contributed by atoms with E-state index in [1.54, 1.807) is 0 Å². The molecule has 3 nitrogen and oxygen atoms in total. The van der Waals surface area contributed by atoms with Gasteiger partial charge in [-0.1, -0.05) is 19.8 Å². The van der Waals surface area contributed by atoms with Crippen molar-refractivity contribution in [2.45, 2.75) is 52.6 Å². The van der Waals surface area contributed by atoms with Crippen LogP contribution in [0.1, 0.15) is 46.5 Å². The molecule has 98 valence electrons. The van der Waals surface area contributed by atoms with Gasteiger partial charge in [0.15, 0.2) is 0 Å². The standard InChI is InChI=1S/C13H29NO2/c1-4-14-10-8-6-7-9-11-16-13(3)12-15-5-2/h13-14H,4-12H2,1-3H3. The Morgan fingerprint density at radius 1 is 1.06 bits per heavy atom. The van der Waals surface area contributed by atoms with Gasteiger partial charge in [0.2, 0.25) is 0 Å². The van der Waals surface area contributed by atoms with Crippen LogP contribution in [0.5, 0.6) is 0 Å². The summed E-state index contributed by atoms with van der Waals surface area (Å²) >= 11 is 0. The normalized spacial score (nSPS) is 12.9. The Morgan fingerprint density at radius 3 is 2.50 bits per heavy atom. The maximum atomic E-state index is 5.63. The lowest BCUT2D eigenvalue weighted by molar-refractivity contribution is -0.00457. The highest BCUT2D eigenvalue weighted by molar-refractivity contribution is 4.49. The van der Waals surface area contributed by atoms with E-state index in [4.69, 9.17) is 9.47 Å². The van der Waals surface area contributed by atoms with E-state index in [-0.39, 0.29) is 6.10 Å². The Morgan fingerprint density at radius 2 is 1.81 bits per heavy atom. The van der Waals surface area contributed by atoms with E-state index in [1.165, 1.54) is 25.7 Å². The first-order chi connectivity index (χ1) is 7.81. The maximum Gasteiger partial charge on any atom is 0.0780 e. The maximum absolute atomic E-state index is 5.63. The molecule has 0 spiro atoms. The number of hydrogen-bond donors (Lipinski definition) is 1. The van der Waals surface area contributed by atoms with Gasteiger partial charge in [0.1, 0.15) is 0 Å². The molecule has 0 bridgehead atoms. The van der Waals surface area contributed by atoms with Crippen molar-refractivity contribution in [3.63, 3.8) is 0 Å². The minimum Gasteiger partial charge on any atom is -0.379 e. The van der Waals surface area contributed by atoms with Crippen molar-refractivity contribution in [2.75, 3.05) is 32.9 Å². The molecule has 0 aromatic rings. The lowest BCUT2D eigenvalue weighted by Crippen LogP contribution is -2.16. The fourth-order valence-electron chi connectivity index (χ4n) is 1.50. The van der Waals surface area contributed by atoms with Crippen molar-refractivity contribution < 1.29 is 9.47 Å². The van der Waals surface area contributed by atoms with Crippen molar-refractivity contribution in [3.05, 3.63) is 0 Å². The first kappa shape index (κ1) is 15.9. The summed E-state index contributed by atoms with van der Waals surface area (Å²) in [6, 6.07) is 0. The second-order valence-electron chi connectivity index (χ2n) is 4.11. The van der Waals surface area contributed by atoms with Gasteiger partial charge in [-0.3, -0.25) is 0 Å². The third-order valence-corrected chi connectivity index (χ3v) is 2.46. The summed E-state index contributed by atoms with van der Waals surface area (Å²) < 4.78 is 10.9. The minimum absolute atomic E-state index is 0.238. The van der Waals surface area contributed by atoms with Gasteiger partial charge >= 0.3 is 0 Å². The highest BCUT2D eigenvalue weighted by atomic mass is 16.5. The zero-order valence-corrected chi connectivity index (χ0v) is 11.3. The third kappa shape index (κ3) is 12.0. The number of rotatable bonds is 12. The average Bonchev–Trinajstić information content (AvgIpc) is 2.30. The van der Waals surface area contributed by atoms with Gasteiger partial charge in [-0.25, -0.2) is 0 Å². The summed E-state index contributed by atoms with van der Waals surface area (Å²) in [5, 5.41) is 3.33. The van der Waals surface area contributed by atoms with Crippen LogP contribution in [0, 0.1) is 0 Å². The zero-order valence-electron chi connectivity index (χ0n) is 11.3. The predicted octanol–water partition coefficient (Wildman–Crippen LogP) is 2.60. The summed E-state index contributed by atoms with van der Waals surface area (Å²) in [4.78, 5) is 0. The molecule has 0 amide bonds. The molecular formula is C13H29NO2. The van der Waals surface area contributed by atoms with Gasteiger partial charge in [-0.15, -0.1) is 0 Å². The molecule has 0 aliphatic carbocycles. The summed E-state index contributed by atoms with van der Waals surface area (Å²) in [5.41, 5.74) is 0. The van der Waals surface area contributed by atoms with E-state index in [0.29, 0.717) is 0 Å². The summed E-state index contributed by atoms with van der Waals surface area (Å²) in [7, 11) is 0. The second kappa shape index (κ2) is 12.9. The molecule has 0 heterocycles. The molecule has 0 saturated heterocycles. The molecule has 1 N–H and O–H groups in total. The monoisotopic (exact) mass is 231 g/mol. The zero-order chi connectivity index (χ0) is 12.1. The Labute approximate surface area is 101 Å². The van der Waals surface area contributed by atoms with E-state index in [2.05, 4.69) is 19.2 Å². The first-order valence-corrected chi connectivity index (χ1v) is 6.71. The van der Waals surface area contributed by atoms with Crippen molar-refractivity contribution in [1.29, 1.82) is 0 Å². The van der Waals surface area contributed by atoms with Gasteiger partial charge in [-0.2, -0.15) is 0 Å². The molecule has 0 aromatic carbocycles. The first-order valence-electron chi connectivity index (χ1n) is 6.71. The molecule has 0 radical (unpaired) electrons. The van der Waals surface area contributed by atoms with Crippen LogP contribution in [0.2, 0.25) is 0 Å². The SMILES string of the molecule is CCNCCCCCCOC(C)COCC. The molecule has 1 atom stereocenters. The largest absolute Gasteiger partial charge is 0.379 e. The summed E-state index contributed by atoms with van der Waals surface area (Å²) in [6.07, 6.45) is 5.26. The fraction of sp³-hybridized carbons (Fsp3) is 1.00. The van der Waals surface area contributed by atoms with Crippen LogP contribution >= 0.6 is 0 Å². The smallest absolute Gasteiger partial charge is 0.0780 e. The van der Waals surface area contributed by atoms with Crippen LogP contribution in [0.4, 0.5) is 0 Å². The van der Waals surface area contributed by atoms with E-state index in [0.717, 1.165) is 32.9 Å². The van der Waals surface area contributed by atoms with Gasteiger partial charge in [-0.05, 0) is 39.8 Å². The third-order valence-electron chi connectivity index (χ3n) is 2.46. The lowest BCUT2D eigenvalue weighted by atomic mass is 10.2. The molecule has 0 aliphatic rings. The van der Waals surface area contributed by atoms with E-state index in [9.17, 15) is 0 Å². The molecule has 0 saturated carbocycles. The highest BCUT2D eigenvalue weighted by Crippen LogP contribution is 2.01. The van der Waals surface area contributed by atoms with E-state index in [1.807, 2.05) is 6.92 Å². The van der Waals surface area contributed by atoms with Gasteiger partial charge in [0.05, 0.1) is 12.7 Å². The number of ether oxygens (including phenoxy) is 2. The number of unbranched alkanes of at least 4 members (excludes halogenated alkanes) is 3. The van der Waals surface area contributed by atoms with Crippen molar-refractivity contribution in [1.82, 2.24) is 5.32 Å². The molecule has 16 heavy (non-hydrogen) atoms. The van der Waals surface area contributed by atoms with Crippen molar-refractivity contribution >= 4 is 0 Å². The fourth-order valence-corrected chi connectivity index (χ4v) is 1.50. The highest BCUT2D eigenvalue weighted by Gasteiger charge is 2.00. The van der Waals surface area contributed by atoms with E-state index < -0.39 is 0 Å². The number of nitrogens with one attached hydrogen (secondary N) is 1. The van der Waals surface area contributed by atoms with Crippen LogP contribution in [0.3, 0.4) is 0 Å². The molecule has 1 unspecified atom stereocenters. The van der Waals surface area contributed by atoms with Crippen molar-refractivity contribution in [2.24, 2.45) is 0 Å². The Kier molecular flexibility index (Phi) is 12.9. The minimum atomic E-state index is 0.238. The second-order valence-corrected chi connectivity index (χ2v) is 4.11. The lowest BCUT2D eigenvalue weighted by Gasteiger charge is -2.12. The van der Waals surface area contributed by atoms with Crippen LogP contribution < -0.4 is 5.32 Å². The molecule has 0 rings (SSSR count). The molecule has 3 heteroatoms. The van der Waals surface area contributed by atoms with Gasteiger partial charge < -0.3 is 14.8 Å².